The van der Waals surface area contributed by atoms with Crippen LogP contribution < -0.4 is 10.5 Å². The molecule has 1 aromatic rings. The second-order valence-electron chi connectivity index (χ2n) is 4.48. The van der Waals surface area contributed by atoms with E-state index < -0.39 is 11.9 Å². The molecule has 1 heterocycles. The summed E-state index contributed by atoms with van der Waals surface area (Å²) in [7, 11) is 0. The molecule has 0 aromatic heterocycles. The van der Waals surface area contributed by atoms with Gasteiger partial charge in [0.1, 0.15) is 0 Å². The molecule has 0 bridgehead atoms. The fourth-order valence-corrected chi connectivity index (χ4v) is 2.05. The van der Waals surface area contributed by atoms with Crippen molar-refractivity contribution in [3.05, 3.63) is 24.0 Å². The van der Waals surface area contributed by atoms with Crippen molar-refractivity contribution in [1.29, 1.82) is 0 Å². The van der Waals surface area contributed by atoms with Gasteiger partial charge in [-0.15, -0.1) is 0 Å². The van der Waals surface area contributed by atoms with Gasteiger partial charge in [-0.2, -0.15) is 0 Å². The number of hydrogen-bond donors (Lipinski definition) is 1. The maximum absolute atomic E-state index is 13.5. The van der Waals surface area contributed by atoms with E-state index in [0.717, 1.165) is 25.9 Å². The summed E-state index contributed by atoms with van der Waals surface area (Å²) >= 11 is 0. The number of halogens is 1. The highest BCUT2D eigenvalue weighted by atomic mass is 19.1. The quantitative estimate of drug-likeness (QED) is 0.834. The van der Waals surface area contributed by atoms with Crippen LogP contribution in [0.5, 0.6) is 5.75 Å². The molecule has 0 aliphatic carbocycles. The zero-order valence-electron chi connectivity index (χ0n) is 10.4. The zero-order valence-corrected chi connectivity index (χ0v) is 10.4. The third-order valence-electron chi connectivity index (χ3n) is 3.03. The number of amides is 1. The molecule has 4 nitrogen and oxygen atoms in total. The van der Waals surface area contributed by atoms with Crippen LogP contribution in [0.2, 0.25) is 0 Å². The van der Waals surface area contributed by atoms with Crippen molar-refractivity contribution in [3.63, 3.8) is 0 Å². The highest BCUT2D eigenvalue weighted by Crippen LogP contribution is 2.21. The van der Waals surface area contributed by atoms with E-state index in [0.29, 0.717) is 5.69 Å². The summed E-state index contributed by atoms with van der Waals surface area (Å²) in [6.07, 6.45) is 1.37. The number of rotatable bonds is 3. The standard InChI is InChI=1S/C13H17FN2O2/c1-9(13(17)16-6-2-3-7-16)18-12-5-4-10(15)8-11(12)14/h4-5,8-9H,2-3,6-7,15H2,1H3. The van der Waals surface area contributed by atoms with Crippen molar-refractivity contribution >= 4 is 11.6 Å². The van der Waals surface area contributed by atoms with E-state index >= 15 is 0 Å². The number of nitrogens with two attached hydrogens (primary N) is 1. The molecular formula is C13H17FN2O2. The van der Waals surface area contributed by atoms with Gasteiger partial charge >= 0.3 is 0 Å². The fourth-order valence-electron chi connectivity index (χ4n) is 2.05. The van der Waals surface area contributed by atoms with Gasteiger partial charge in [-0.3, -0.25) is 4.79 Å². The van der Waals surface area contributed by atoms with Crippen molar-refractivity contribution in [2.24, 2.45) is 0 Å². The van der Waals surface area contributed by atoms with Gasteiger partial charge in [-0.1, -0.05) is 0 Å². The van der Waals surface area contributed by atoms with Crippen LogP contribution in [0.1, 0.15) is 19.8 Å². The van der Waals surface area contributed by atoms with Crippen molar-refractivity contribution in [1.82, 2.24) is 4.90 Å². The lowest BCUT2D eigenvalue weighted by Crippen LogP contribution is -2.38. The van der Waals surface area contributed by atoms with Gasteiger partial charge in [0, 0.05) is 24.8 Å². The molecular weight excluding hydrogens is 235 g/mol. The number of nitrogens with zero attached hydrogens (tertiary/aromatic N) is 1. The van der Waals surface area contributed by atoms with E-state index in [4.69, 9.17) is 10.5 Å². The van der Waals surface area contributed by atoms with E-state index in [-0.39, 0.29) is 11.7 Å². The third kappa shape index (κ3) is 2.72. The lowest BCUT2D eigenvalue weighted by molar-refractivity contribution is -0.136. The van der Waals surface area contributed by atoms with Crippen LogP contribution in [0.3, 0.4) is 0 Å². The molecule has 1 aliphatic rings. The van der Waals surface area contributed by atoms with Crippen LogP contribution in [0.4, 0.5) is 10.1 Å². The van der Waals surface area contributed by atoms with E-state index in [1.807, 2.05) is 0 Å². The van der Waals surface area contributed by atoms with E-state index in [2.05, 4.69) is 0 Å². The Kier molecular flexibility index (Phi) is 3.69. The maximum Gasteiger partial charge on any atom is 0.263 e. The number of anilines is 1. The van der Waals surface area contributed by atoms with Crippen LogP contribution in [0.25, 0.3) is 0 Å². The molecule has 1 saturated heterocycles. The minimum absolute atomic E-state index is 0.0595. The first-order valence-corrected chi connectivity index (χ1v) is 6.08. The third-order valence-corrected chi connectivity index (χ3v) is 3.03. The number of nitrogen functional groups attached to an aromatic ring is 1. The minimum Gasteiger partial charge on any atom is -0.478 e. The maximum atomic E-state index is 13.5. The summed E-state index contributed by atoms with van der Waals surface area (Å²) in [5.74, 6) is -0.580. The van der Waals surface area contributed by atoms with Crippen molar-refractivity contribution in [2.75, 3.05) is 18.8 Å². The van der Waals surface area contributed by atoms with Gasteiger partial charge in [0.2, 0.25) is 0 Å². The van der Waals surface area contributed by atoms with Crippen molar-refractivity contribution < 1.29 is 13.9 Å². The summed E-state index contributed by atoms with van der Waals surface area (Å²) in [6.45, 7) is 3.16. The second kappa shape index (κ2) is 5.25. The first-order valence-electron chi connectivity index (χ1n) is 6.08. The van der Waals surface area contributed by atoms with Crippen molar-refractivity contribution in [2.45, 2.75) is 25.9 Å². The molecule has 1 unspecified atom stereocenters. The topological polar surface area (TPSA) is 55.6 Å². The van der Waals surface area contributed by atoms with Gasteiger partial charge in [-0.05, 0) is 31.9 Å². The second-order valence-corrected chi connectivity index (χ2v) is 4.48. The smallest absolute Gasteiger partial charge is 0.263 e. The molecule has 2 N–H and O–H groups in total. The molecule has 1 aromatic carbocycles. The molecule has 5 heteroatoms. The fraction of sp³-hybridized carbons (Fsp3) is 0.462. The number of carbonyl (C=O) groups excluding carboxylic acids is 1. The zero-order chi connectivity index (χ0) is 13.1. The number of ether oxygens (including phenoxy) is 1. The van der Waals surface area contributed by atoms with Crippen LogP contribution in [-0.4, -0.2) is 30.0 Å². The van der Waals surface area contributed by atoms with Crippen LogP contribution >= 0.6 is 0 Å². The number of hydrogen-bond acceptors (Lipinski definition) is 3. The molecule has 0 radical (unpaired) electrons. The largest absolute Gasteiger partial charge is 0.478 e. The molecule has 0 spiro atoms. The summed E-state index contributed by atoms with van der Waals surface area (Å²) in [6, 6.07) is 4.17. The monoisotopic (exact) mass is 252 g/mol. The van der Waals surface area contributed by atoms with Crippen LogP contribution in [-0.2, 0) is 4.79 Å². The van der Waals surface area contributed by atoms with Gasteiger partial charge in [0.15, 0.2) is 17.7 Å². The number of likely N-dealkylation sites (tertiary alicyclic amines) is 1. The van der Waals surface area contributed by atoms with Crippen LogP contribution in [0, 0.1) is 5.82 Å². The molecule has 18 heavy (non-hydrogen) atoms. The Morgan fingerprint density at radius 3 is 2.72 bits per heavy atom. The lowest BCUT2D eigenvalue weighted by atomic mass is 10.3. The Morgan fingerprint density at radius 1 is 1.44 bits per heavy atom. The minimum atomic E-state index is -0.679. The van der Waals surface area contributed by atoms with Crippen molar-refractivity contribution in [3.8, 4) is 5.75 Å². The summed E-state index contributed by atoms with van der Waals surface area (Å²) in [5, 5.41) is 0. The number of benzene rings is 1. The van der Waals surface area contributed by atoms with Gasteiger partial charge in [-0.25, -0.2) is 4.39 Å². The highest BCUT2D eigenvalue weighted by Gasteiger charge is 2.25. The first kappa shape index (κ1) is 12.7. The first-order chi connectivity index (χ1) is 8.58. The summed E-state index contributed by atoms with van der Waals surface area (Å²) in [5.41, 5.74) is 5.78. The molecule has 2 rings (SSSR count). The SMILES string of the molecule is CC(Oc1ccc(N)cc1F)C(=O)N1CCCC1. The molecule has 1 atom stereocenters. The Morgan fingerprint density at radius 2 is 2.11 bits per heavy atom. The van der Waals surface area contributed by atoms with Gasteiger partial charge in [0.05, 0.1) is 0 Å². The highest BCUT2D eigenvalue weighted by molar-refractivity contribution is 5.81. The Hall–Kier alpha value is -1.78. The molecule has 1 amide bonds. The van der Waals surface area contributed by atoms with E-state index in [1.165, 1.54) is 12.1 Å². The predicted octanol–water partition coefficient (Wildman–Crippen LogP) is 1.80. The van der Waals surface area contributed by atoms with E-state index in [9.17, 15) is 9.18 Å². The van der Waals surface area contributed by atoms with Crippen LogP contribution in [0.15, 0.2) is 18.2 Å². The average Bonchev–Trinajstić information content (AvgIpc) is 2.85. The average molecular weight is 252 g/mol. The Balaban J connectivity index is 2.01. The summed E-state index contributed by atoms with van der Waals surface area (Å²) < 4.78 is 18.9. The summed E-state index contributed by atoms with van der Waals surface area (Å²) in [4.78, 5) is 13.7. The molecule has 1 fully saturated rings. The predicted molar refractivity (Wildman–Crippen MR) is 66.7 cm³/mol. The van der Waals surface area contributed by atoms with E-state index in [1.54, 1.807) is 17.9 Å². The molecule has 98 valence electrons. The Labute approximate surface area is 106 Å². The number of carbonyl (C=O) groups is 1. The van der Waals surface area contributed by atoms with Gasteiger partial charge in [0.25, 0.3) is 5.91 Å². The molecule has 0 saturated carbocycles. The lowest BCUT2D eigenvalue weighted by Gasteiger charge is -2.21. The Bertz CT molecular complexity index is 445. The molecule has 1 aliphatic heterocycles. The normalized spacial score (nSPS) is 16.7. The van der Waals surface area contributed by atoms with Gasteiger partial charge < -0.3 is 15.4 Å².